The number of nitrogens with zero attached hydrogens (tertiary/aromatic N) is 1. The predicted octanol–water partition coefficient (Wildman–Crippen LogP) is 1.23. The number of rotatable bonds is 5. The molecule has 7 heteroatoms. The Morgan fingerprint density at radius 3 is 2.42 bits per heavy atom. The summed E-state index contributed by atoms with van der Waals surface area (Å²) in [6.45, 7) is 2.99. The van der Waals surface area contributed by atoms with Gasteiger partial charge in [0.2, 0.25) is 15.9 Å². The molecule has 1 rings (SSSR count). The van der Waals surface area contributed by atoms with E-state index < -0.39 is 16.1 Å². The van der Waals surface area contributed by atoms with Crippen molar-refractivity contribution in [3.63, 3.8) is 0 Å². The van der Waals surface area contributed by atoms with Crippen molar-refractivity contribution in [1.29, 1.82) is 5.26 Å². The van der Waals surface area contributed by atoms with E-state index in [1.54, 1.807) is 6.92 Å². The fraction of sp³-hybridized carbons (Fsp3) is 0.333. The van der Waals surface area contributed by atoms with Crippen LogP contribution in [0.3, 0.4) is 0 Å². The average molecular weight is 281 g/mol. The molecule has 0 aliphatic heterocycles. The highest BCUT2D eigenvalue weighted by Crippen LogP contribution is 2.14. The number of sulfonamides is 1. The van der Waals surface area contributed by atoms with Gasteiger partial charge in [0.25, 0.3) is 0 Å². The lowest BCUT2D eigenvalue weighted by Crippen LogP contribution is -2.32. The molecule has 0 unspecified atom stereocenters. The Balaban J connectivity index is 2.85. The molecule has 1 atom stereocenters. The third kappa shape index (κ3) is 4.69. The minimum absolute atomic E-state index is 0.0893. The van der Waals surface area contributed by atoms with Gasteiger partial charge in [-0.05, 0) is 31.2 Å². The highest BCUT2D eigenvalue weighted by molar-refractivity contribution is 7.89. The fourth-order valence-electron chi connectivity index (χ4n) is 1.43. The Hall–Kier alpha value is -1.91. The van der Waals surface area contributed by atoms with Crippen molar-refractivity contribution < 1.29 is 13.2 Å². The van der Waals surface area contributed by atoms with Gasteiger partial charge in [-0.25, -0.2) is 13.1 Å². The number of hydrogen-bond acceptors (Lipinski definition) is 4. The van der Waals surface area contributed by atoms with E-state index in [-0.39, 0.29) is 17.2 Å². The second kappa shape index (κ2) is 6.31. The molecule has 1 amide bonds. The molecule has 0 aliphatic carbocycles. The summed E-state index contributed by atoms with van der Waals surface area (Å²) in [5, 5.41) is 11.0. The van der Waals surface area contributed by atoms with E-state index in [4.69, 9.17) is 5.26 Å². The summed E-state index contributed by atoms with van der Waals surface area (Å²) < 4.78 is 26.3. The molecule has 19 heavy (non-hydrogen) atoms. The molecule has 102 valence electrons. The Morgan fingerprint density at radius 1 is 1.37 bits per heavy atom. The number of anilines is 1. The van der Waals surface area contributed by atoms with Crippen molar-refractivity contribution in [3.8, 4) is 6.07 Å². The molecule has 6 nitrogen and oxygen atoms in total. The van der Waals surface area contributed by atoms with Gasteiger partial charge in [0.05, 0.1) is 17.4 Å². The van der Waals surface area contributed by atoms with Crippen molar-refractivity contribution in [2.75, 3.05) is 5.32 Å². The van der Waals surface area contributed by atoms with Crippen LogP contribution >= 0.6 is 0 Å². The van der Waals surface area contributed by atoms with Gasteiger partial charge in [-0.15, -0.1) is 0 Å². The molecule has 0 saturated heterocycles. The van der Waals surface area contributed by atoms with E-state index in [1.165, 1.54) is 31.2 Å². The maximum absolute atomic E-state index is 11.9. The maximum Gasteiger partial charge on any atom is 0.240 e. The Kier molecular flexibility index (Phi) is 5.03. The minimum Gasteiger partial charge on any atom is -0.326 e. The van der Waals surface area contributed by atoms with Crippen LogP contribution in [-0.2, 0) is 14.8 Å². The quantitative estimate of drug-likeness (QED) is 0.847. The number of benzene rings is 1. The summed E-state index contributed by atoms with van der Waals surface area (Å²) in [6.07, 6.45) is 0.100. The zero-order chi connectivity index (χ0) is 14.5. The van der Waals surface area contributed by atoms with Crippen molar-refractivity contribution in [3.05, 3.63) is 24.3 Å². The smallest absolute Gasteiger partial charge is 0.240 e. The van der Waals surface area contributed by atoms with Crippen LogP contribution < -0.4 is 10.0 Å². The van der Waals surface area contributed by atoms with E-state index in [0.29, 0.717) is 5.69 Å². The molecular formula is C12H15N3O3S. The van der Waals surface area contributed by atoms with Crippen molar-refractivity contribution >= 4 is 21.6 Å². The first-order valence-corrected chi connectivity index (χ1v) is 7.10. The highest BCUT2D eigenvalue weighted by Gasteiger charge is 2.16. The highest BCUT2D eigenvalue weighted by atomic mass is 32.2. The molecule has 1 aromatic carbocycles. The van der Waals surface area contributed by atoms with Crippen molar-refractivity contribution in [2.45, 2.75) is 31.2 Å². The molecule has 0 aliphatic rings. The van der Waals surface area contributed by atoms with Crippen LogP contribution in [0.4, 0.5) is 5.69 Å². The Labute approximate surface area is 112 Å². The monoisotopic (exact) mass is 281 g/mol. The number of nitrogens with one attached hydrogen (secondary N) is 2. The fourth-order valence-corrected chi connectivity index (χ4v) is 2.68. The Bertz CT molecular complexity index is 588. The van der Waals surface area contributed by atoms with Crippen LogP contribution in [0.1, 0.15) is 20.3 Å². The number of hydrogen-bond donors (Lipinski definition) is 2. The third-order valence-electron chi connectivity index (χ3n) is 2.24. The van der Waals surface area contributed by atoms with Crippen LogP contribution in [0.2, 0.25) is 0 Å². The number of carbonyl (C=O) groups excluding carboxylic acids is 1. The van der Waals surface area contributed by atoms with Crippen LogP contribution in [0, 0.1) is 11.3 Å². The van der Waals surface area contributed by atoms with Gasteiger partial charge >= 0.3 is 0 Å². The van der Waals surface area contributed by atoms with E-state index >= 15 is 0 Å². The standard InChI is InChI=1S/C12H15N3O3S/c1-9(7-8-13)15-19(17,18)12-5-3-11(4-6-12)14-10(2)16/h3-6,9,15H,7H2,1-2H3,(H,14,16)/t9-/m0/s1. The third-order valence-corrected chi connectivity index (χ3v) is 3.84. The summed E-state index contributed by atoms with van der Waals surface area (Å²) >= 11 is 0. The average Bonchev–Trinajstić information content (AvgIpc) is 2.28. The minimum atomic E-state index is -3.64. The molecule has 0 spiro atoms. The second-order valence-corrected chi connectivity index (χ2v) is 5.80. The van der Waals surface area contributed by atoms with E-state index in [0.717, 1.165) is 0 Å². The molecule has 0 heterocycles. The Morgan fingerprint density at radius 2 is 1.95 bits per heavy atom. The van der Waals surface area contributed by atoms with Gasteiger partial charge in [0.1, 0.15) is 0 Å². The molecule has 0 radical (unpaired) electrons. The van der Waals surface area contributed by atoms with Crippen LogP contribution in [-0.4, -0.2) is 20.4 Å². The summed E-state index contributed by atoms with van der Waals surface area (Å²) in [5.41, 5.74) is 0.525. The lowest BCUT2D eigenvalue weighted by Gasteiger charge is -2.11. The molecular weight excluding hydrogens is 266 g/mol. The molecule has 0 fully saturated rings. The van der Waals surface area contributed by atoms with Crippen LogP contribution in [0.5, 0.6) is 0 Å². The molecule has 0 bridgehead atoms. The zero-order valence-electron chi connectivity index (χ0n) is 10.7. The van der Waals surface area contributed by atoms with Crippen molar-refractivity contribution in [1.82, 2.24) is 4.72 Å². The van der Waals surface area contributed by atoms with Gasteiger partial charge < -0.3 is 5.32 Å². The summed E-state index contributed by atoms with van der Waals surface area (Å²) in [5.74, 6) is -0.226. The van der Waals surface area contributed by atoms with Gasteiger partial charge in [0.15, 0.2) is 0 Å². The lowest BCUT2D eigenvalue weighted by molar-refractivity contribution is -0.114. The summed E-state index contributed by atoms with van der Waals surface area (Å²) in [4.78, 5) is 10.9. The first-order valence-electron chi connectivity index (χ1n) is 5.62. The first-order chi connectivity index (χ1) is 8.85. The van der Waals surface area contributed by atoms with Gasteiger partial charge in [-0.2, -0.15) is 5.26 Å². The number of nitriles is 1. The molecule has 1 aromatic rings. The molecule has 0 aromatic heterocycles. The SMILES string of the molecule is CC(=O)Nc1ccc(S(=O)(=O)N[C@@H](C)CC#N)cc1. The van der Waals surface area contributed by atoms with E-state index in [9.17, 15) is 13.2 Å². The normalized spacial score (nSPS) is 12.5. The second-order valence-electron chi connectivity index (χ2n) is 4.09. The summed E-state index contributed by atoms with van der Waals surface area (Å²) in [7, 11) is -3.64. The van der Waals surface area contributed by atoms with E-state index in [2.05, 4.69) is 10.0 Å². The molecule has 2 N–H and O–H groups in total. The van der Waals surface area contributed by atoms with E-state index in [1.807, 2.05) is 6.07 Å². The van der Waals surface area contributed by atoms with Crippen molar-refractivity contribution in [2.24, 2.45) is 0 Å². The largest absolute Gasteiger partial charge is 0.326 e. The van der Waals surface area contributed by atoms with Gasteiger partial charge in [-0.3, -0.25) is 4.79 Å². The zero-order valence-corrected chi connectivity index (χ0v) is 11.5. The predicted molar refractivity (Wildman–Crippen MR) is 70.8 cm³/mol. The summed E-state index contributed by atoms with van der Waals surface area (Å²) in [6, 6.07) is 7.24. The van der Waals surface area contributed by atoms with Gasteiger partial charge in [0, 0.05) is 18.7 Å². The van der Waals surface area contributed by atoms with Crippen LogP contribution in [0.25, 0.3) is 0 Å². The number of carbonyl (C=O) groups is 1. The van der Waals surface area contributed by atoms with Crippen LogP contribution in [0.15, 0.2) is 29.2 Å². The lowest BCUT2D eigenvalue weighted by atomic mass is 10.3. The number of amides is 1. The van der Waals surface area contributed by atoms with Gasteiger partial charge in [-0.1, -0.05) is 0 Å². The first kappa shape index (κ1) is 15.1. The topological polar surface area (TPSA) is 99.1 Å². The molecule has 0 saturated carbocycles. The maximum atomic E-state index is 11.9.